The molecule has 0 bridgehead atoms. The maximum Gasteiger partial charge on any atom is 0.0527 e. The van der Waals surface area contributed by atoms with Gasteiger partial charge in [0, 0.05) is 24.0 Å². The van der Waals surface area contributed by atoms with Gasteiger partial charge < -0.3 is 0 Å². The second kappa shape index (κ2) is 2.97. The summed E-state index contributed by atoms with van der Waals surface area (Å²) in [5, 5.41) is 5.09. The Bertz CT molecular complexity index is 240. The molecule has 11 heavy (non-hydrogen) atoms. The lowest BCUT2D eigenvalue weighted by molar-refractivity contribution is 0.605. The molecule has 0 spiro atoms. The molecule has 2 nitrogen and oxygen atoms in total. The summed E-state index contributed by atoms with van der Waals surface area (Å²) in [5.41, 5.74) is 1.46. The third kappa shape index (κ3) is 1.83. The van der Waals surface area contributed by atoms with Gasteiger partial charge in [0.1, 0.15) is 0 Å². The maximum atomic E-state index is 4.13. The van der Waals surface area contributed by atoms with Crippen LogP contribution in [0.5, 0.6) is 0 Å². The van der Waals surface area contributed by atoms with Gasteiger partial charge in [-0.15, -0.1) is 0 Å². The molecular formula is C8H13BrN2. The summed E-state index contributed by atoms with van der Waals surface area (Å²) < 4.78 is 1.83. The highest BCUT2D eigenvalue weighted by atomic mass is 79.9. The standard InChI is InChI=1S/C8H13BrN2/c1-8(2,6-9)7-4-10-11(3)5-7/h4-5H,6H2,1-3H3. The number of aryl methyl sites for hydroxylation is 1. The van der Waals surface area contributed by atoms with Gasteiger partial charge in [0.05, 0.1) is 6.20 Å². The first kappa shape index (κ1) is 8.78. The van der Waals surface area contributed by atoms with Crippen LogP contribution in [-0.4, -0.2) is 15.1 Å². The van der Waals surface area contributed by atoms with E-state index in [1.807, 2.05) is 17.9 Å². The van der Waals surface area contributed by atoms with Crippen molar-refractivity contribution in [2.45, 2.75) is 19.3 Å². The van der Waals surface area contributed by atoms with Crippen molar-refractivity contribution < 1.29 is 0 Å². The normalized spacial score (nSPS) is 12.0. The molecule has 0 fully saturated rings. The molecule has 1 aromatic heterocycles. The molecular weight excluding hydrogens is 204 g/mol. The lowest BCUT2D eigenvalue weighted by atomic mass is 9.90. The molecule has 1 aromatic rings. The quantitative estimate of drug-likeness (QED) is 0.693. The summed E-state index contributed by atoms with van der Waals surface area (Å²) in [7, 11) is 1.94. The molecule has 0 saturated heterocycles. The van der Waals surface area contributed by atoms with Gasteiger partial charge in [0.15, 0.2) is 0 Å². The number of aromatic nitrogens is 2. The Kier molecular flexibility index (Phi) is 2.37. The lowest BCUT2D eigenvalue weighted by Crippen LogP contribution is -2.17. The van der Waals surface area contributed by atoms with E-state index in [1.165, 1.54) is 5.56 Å². The molecule has 1 rings (SSSR count). The van der Waals surface area contributed by atoms with Crippen LogP contribution in [0.15, 0.2) is 12.4 Å². The highest BCUT2D eigenvalue weighted by Crippen LogP contribution is 2.24. The van der Waals surface area contributed by atoms with Gasteiger partial charge in [0.2, 0.25) is 0 Å². The van der Waals surface area contributed by atoms with Crippen LogP contribution in [0.25, 0.3) is 0 Å². The van der Waals surface area contributed by atoms with Crippen LogP contribution in [0, 0.1) is 0 Å². The monoisotopic (exact) mass is 216 g/mol. The first-order valence-corrected chi connectivity index (χ1v) is 4.73. The number of nitrogens with zero attached hydrogens (tertiary/aromatic N) is 2. The first-order chi connectivity index (χ1) is 5.06. The molecule has 3 heteroatoms. The second-order valence-electron chi connectivity index (χ2n) is 3.42. The van der Waals surface area contributed by atoms with E-state index < -0.39 is 0 Å². The zero-order valence-corrected chi connectivity index (χ0v) is 8.72. The fourth-order valence-corrected chi connectivity index (χ4v) is 1.17. The molecule has 0 aromatic carbocycles. The van der Waals surface area contributed by atoms with Crippen molar-refractivity contribution in [3.05, 3.63) is 18.0 Å². The minimum absolute atomic E-state index is 0.189. The van der Waals surface area contributed by atoms with Crippen molar-refractivity contribution in [3.8, 4) is 0 Å². The van der Waals surface area contributed by atoms with E-state index in [1.54, 1.807) is 0 Å². The summed E-state index contributed by atoms with van der Waals surface area (Å²) in [6, 6.07) is 0. The van der Waals surface area contributed by atoms with Gasteiger partial charge in [-0.25, -0.2) is 0 Å². The number of hydrogen-bond donors (Lipinski definition) is 0. The zero-order valence-electron chi connectivity index (χ0n) is 7.13. The van der Waals surface area contributed by atoms with Crippen LogP contribution in [0.2, 0.25) is 0 Å². The second-order valence-corrected chi connectivity index (χ2v) is 3.98. The van der Waals surface area contributed by atoms with E-state index >= 15 is 0 Å². The van der Waals surface area contributed by atoms with E-state index in [-0.39, 0.29) is 5.41 Å². The molecule has 0 aliphatic carbocycles. The third-order valence-electron chi connectivity index (χ3n) is 1.82. The molecule has 0 aliphatic heterocycles. The minimum Gasteiger partial charge on any atom is -0.276 e. The Morgan fingerprint density at radius 1 is 1.64 bits per heavy atom. The van der Waals surface area contributed by atoms with Crippen LogP contribution in [0.1, 0.15) is 19.4 Å². The van der Waals surface area contributed by atoms with Crippen molar-refractivity contribution in [2.75, 3.05) is 5.33 Å². The summed E-state index contributed by atoms with van der Waals surface area (Å²) in [4.78, 5) is 0. The molecule has 0 saturated carbocycles. The maximum absolute atomic E-state index is 4.13. The van der Waals surface area contributed by atoms with E-state index in [9.17, 15) is 0 Å². The largest absolute Gasteiger partial charge is 0.276 e. The molecule has 1 heterocycles. The molecule has 0 amide bonds. The smallest absolute Gasteiger partial charge is 0.0527 e. The molecule has 0 atom stereocenters. The van der Waals surface area contributed by atoms with Crippen molar-refractivity contribution in [3.63, 3.8) is 0 Å². The minimum atomic E-state index is 0.189. The number of halogens is 1. The summed E-state index contributed by atoms with van der Waals surface area (Å²) in [6.07, 6.45) is 3.97. The lowest BCUT2D eigenvalue weighted by Gasteiger charge is -2.18. The van der Waals surface area contributed by atoms with Crippen molar-refractivity contribution in [1.29, 1.82) is 0 Å². The van der Waals surface area contributed by atoms with Crippen molar-refractivity contribution in [1.82, 2.24) is 9.78 Å². The topological polar surface area (TPSA) is 17.8 Å². The molecule has 0 aliphatic rings. The fraction of sp³-hybridized carbons (Fsp3) is 0.625. The Labute approximate surface area is 75.7 Å². The van der Waals surface area contributed by atoms with E-state index in [2.05, 4.69) is 41.1 Å². The predicted octanol–water partition coefficient (Wildman–Crippen LogP) is 2.09. The zero-order chi connectivity index (χ0) is 8.48. The highest BCUT2D eigenvalue weighted by molar-refractivity contribution is 9.09. The van der Waals surface area contributed by atoms with Crippen LogP contribution in [0.3, 0.4) is 0 Å². The van der Waals surface area contributed by atoms with Gasteiger partial charge in [-0.3, -0.25) is 4.68 Å². The summed E-state index contributed by atoms with van der Waals surface area (Å²) in [5.74, 6) is 0. The highest BCUT2D eigenvalue weighted by Gasteiger charge is 2.19. The number of rotatable bonds is 2. The fourth-order valence-electron chi connectivity index (χ4n) is 0.848. The SMILES string of the molecule is Cn1cc(C(C)(C)CBr)cn1. The molecule has 0 N–H and O–H groups in total. The number of alkyl halides is 1. The van der Waals surface area contributed by atoms with E-state index in [4.69, 9.17) is 0 Å². The average Bonchev–Trinajstić information content (AvgIpc) is 2.36. The van der Waals surface area contributed by atoms with Gasteiger partial charge in [0.25, 0.3) is 0 Å². The van der Waals surface area contributed by atoms with Crippen LogP contribution >= 0.6 is 15.9 Å². The van der Waals surface area contributed by atoms with E-state index in [0.29, 0.717) is 0 Å². The van der Waals surface area contributed by atoms with Gasteiger partial charge in [-0.1, -0.05) is 29.8 Å². The van der Waals surface area contributed by atoms with Gasteiger partial charge in [-0.2, -0.15) is 5.10 Å². The van der Waals surface area contributed by atoms with Crippen molar-refractivity contribution >= 4 is 15.9 Å². The van der Waals surface area contributed by atoms with Crippen LogP contribution < -0.4 is 0 Å². The molecule has 0 unspecified atom stereocenters. The van der Waals surface area contributed by atoms with Crippen LogP contribution in [-0.2, 0) is 12.5 Å². The first-order valence-electron chi connectivity index (χ1n) is 3.61. The van der Waals surface area contributed by atoms with Gasteiger partial charge in [-0.05, 0) is 5.56 Å². The number of hydrogen-bond acceptors (Lipinski definition) is 1. The Morgan fingerprint density at radius 2 is 2.27 bits per heavy atom. The predicted molar refractivity (Wildman–Crippen MR) is 50.0 cm³/mol. The third-order valence-corrected chi connectivity index (χ3v) is 3.22. The van der Waals surface area contributed by atoms with Crippen LogP contribution in [0.4, 0.5) is 0 Å². The van der Waals surface area contributed by atoms with Crippen molar-refractivity contribution in [2.24, 2.45) is 7.05 Å². The van der Waals surface area contributed by atoms with Gasteiger partial charge >= 0.3 is 0 Å². The Morgan fingerprint density at radius 3 is 2.64 bits per heavy atom. The molecule has 62 valence electrons. The van der Waals surface area contributed by atoms with E-state index in [0.717, 1.165) is 5.33 Å². The summed E-state index contributed by atoms with van der Waals surface area (Å²) in [6.45, 7) is 4.39. The molecule has 0 radical (unpaired) electrons. The summed E-state index contributed by atoms with van der Waals surface area (Å²) >= 11 is 3.48. The Hall–Kier alpha value is -0.310. The average molecular weight is 217 g/mol. The Balaban J connectivity index is 2.92.